The number of benzene rings is 3. The summed E-state index contributed by atoms with van der Waals surface area (Å²) < 4.78 is 8.40. The van der Waals surface area contributed by atoms with Gasteiger partial charge in [-0.25, -0.2) is 4.98 Å². The second-order valence-corrected chi connectivity index (χ2v) is 6.47. The van der Waals surface area contributed by atoms with Crippen LogP contribution in [0.5, 0.6) is 0 Å². The lowest BCUT2D eigenvalue weighted by Gasteiger charge is -2.16. The van der Waals surface area contributed by atoms with E-state index in [0.29, 0.717) is 6.61 Å². The van der Waals surface area contributed by atoms with Crippen molar-refractivity contribution in [3.8, 4) is 0 Å². The summed E-state index contributed by atoms with van der Waals surface area (Å²) in [6, 6.07) is 29.0. The molecule has 3 aromatic carbocycles. The van der Waals surface area contributed by atoms with E-state index in [1.807, 2.05) is 30.3 Å². The number of fused-ring (bicyclic) bond motifs is 1. The van der Waals surface area contributed by atoms with Gasteiger partial charge in [0, 0.05) is 6.54 Å². The van der Waals surface area contributed by atoms with Crippen molar-refractivity contribution in [2.45, 2.75) is 26.2 Å². The summed E-state index contributed by atoms with van der Waals surface area (Å²) in [5.74, 6) is 0.964. The smallest absolute Gasteiger partial charge is 0.139 e. The number of hydrogen-bond donors (Lipinski definition) is 0. The number of para-hydroxylation sites is 2. The molecule has 0 saturated heterocycles. The van der Waals surface area contributed by atoms with Gasteiger partial charge in [-0.2, -0.15) is 0 Å². The van der Waals surface area contributed by atoms with E-state index in [2.05, 4.69) is 66.1 Å². The molecule has 4 rings (SSSR count). The van der Waals surface area contributed by atoms with Crippen molar-refractivity contribution in [1.82, 2.24) is 9.55 Å². The number of rotatable bonds is 6. The third kappa shape index (κ3) is 3.53. The van der Waals surface area contributed by atoms with Crippen LogP contribution in [0.15, 0.2) is 84.9 Å². The zero-order chi connectivity index (χ0) is 17.8. The highest BCUT2D eigenvalue weighted by Crippen LogP contribution is 2.25. The van der Waals surface area contributed by atoms with Crippen LogP contribution in [0.1, 0.15) is 30.0 Å². The maximum Gasteiger partial charge on any atom is 0.139 e. The summed E-state index contributed by atoms with van der Waals surface area (Å²) in [6.45, 7) is 3.44. The molecule has 3 nitrogen and oxygen atoms in total. The lowest BCUT2D eigenvalue weighted by atomic mass is 10.2. The third-order valence-corrected chi connectivity index (χ3v) is 4.57. The summed E-state index contributed by atoms with van der Waals surface area (Å²) in [5.41, 5.74) is 4.58. The van der Waals surface area contributed by atoms with Gasteiger partial charge >= 0.3 is 0 Å². The maximum atomic E-state index is 6.14. The van der Waals surface area contributed by atoms with Crippen LogP contribution in [-0.2, 0) is 17.9 Å². The molecule has 0 bridgehead atoms. The summed E-state index contributed by atoms with van der Waals surface area (Å²) in [5, 5.41) is 0. The van der Waals surface area contributed by atoms with Crippen LogP contribution in [0, 0.1) is 0 Å². The number of nitrogens with zero attached hydrogens (tertiary/aromatic N) is 2. The van der Waals surface area contributed by atoms with Crippen LogP contribution < -0.4 is 0 Å². The molecule has 0 fully saturated rings. The lowest BCUT2D eigenvalue weighted by Crippen LogP contribution is -2.11. The minimum absolute atomic E-state index is 0.0914. The van der Waals surface area contributed by atoms with Crippen LogP contribution in [0.25, 0.3) is 11.0 Å². The first-order valence-electron chi connectivity index (χ1n) is 8.96. The van der Waals surface area contributed by atoms with Gasteiger partial charge in [-0.15, -0.1) is 0 Å². The van der Waals surface area contributed by atoms with Gasteiger partial charge < -0.3 is 9.30 Å². The summed E-state index contributed by atoms with van der Waals surface area (Å²) in [7, 11) is 0. The fourth-order valence-electron chi connectivity index (χ4n) is 3.21. The van der Waals surface area contributed by atoms with Gasteiger partial charge in [0.25, 0.3) is 0 Å². The van der Waals surface area contributed by atoms with E-state index < -0.39 is 0 Å². The van der Waals surface area contributed by atoms with E-state index in [1.165, 1.54) is 11.1 Å². The fraction of sp³-hybridized carbons (Fsp3) is 0.174. The average molecular weight is 342 g/mol. The van der Waals surface area contributed by atoms with Crippen LogP contribution in [0.2, 0.25) is 0 Å². The van der Waals surface area contributed by atoms with Crippen LogP contribution in [-0.4, -0.2) is 9.55 Å². The summed E-state index contributed by atoms with van der Waals surface area (Å²) in [6.07, 6.45) is -0.0914. The number of hydrogen-bond acceptors (Lipinski definition) is 2. The SMILES string of the molecule is CC(OCc1ccccc1)c1nc2ccccc2n1Cc1ccccc1. The first-order valence-corrected chi connectivity index (χ1v) is 8.96. The van der Waals surface area contributed by atoms with Gasteiger partial charge in [0.05, 0.1) is 17.6 Å². The van der Waals surface area contributed by atoms with Crippen molar-refractivity contribution >= 4 is 11.0 Å². The Morgan fingerprint density at radius 1 is 0.808 bits per heavy atom. The highest BCUT2D eigenvalue weighted by atomic mass is 16.5. The predicted octanol–water partition coefficient (Wildman–Crippen LogP) is 5.36. The molecule has 0 radical (unpaired) electrons. The largest absolute Gasteiger partial charge is 0.366 e. The first-order chi connectivity index (χ1) is 12.8. The van der Waals surface area contributed by atoms with E-state index in [9.17, 15) is 0 Å². The molecule has 1 unspecified atom stereocenters. The number of aromatic nitrogens is 2. The Labute approximate surface area is 153 Å². The van der Waals surface area contributed by atoms with Gasteiger partial charge in [-0.05, 0) is 30.2 Å². The number of imidazole rings is 1. The second kappa shape index (κ2) is 7.54. The molecule has 26 heavy (non-hydrogen) atoms. The monoisotopic (exact) mass is 342 g/mol. The minimum atomic E-state index is -0.0914. The van der Waals surface area contributed by atoms with Crippen molar-refractivity contribution < 1.29 is 4.74 Å². The van der Waals surface area contributed by atoms with Crippen LogP contribution >= 0.6 is 0 Å². The normalized spacial score (nSPS) is 12.3. The molecule has 1 aromatic heterocycles. The van der Waals surface area contributed by atoms with Crippen molar-refractivity contribution in [2.24, 2.45) is 0 Å². The topological polar surface area (TPSA) is 27.1 Å². The highest BCUT2D eigenvalue weighted by Gasteiger charge is 2.17. The third-order valence-electron chi connectivity index (χ3n) is 4.57. The van der Waals surface area contributed by atoms with E-state index in [-0.39, 0.29) is 6.10 Å². The lowest BCUT2D eigenvalue weighted by molar-refractivity contribution is 0.0450. The van der Waals surface area contributed by atoms with Gasteiger partial charge in [-0.1, -0.05) is 72.8 Å². The zero-order valence-corrected chi connectivity index (χ0v) is 14.9. The second-order valence-electron chi connectivity index (χ2n) is 6.47. The van der Waals surface area contributed by atoms with Crippen LogP contribution in [0.4, 0.5) is 0 Å². The zero-order valence-electron chi connectivity index (χ0n) is 14.9. The number of ether oxygens (including phenoxy) is 1. The van der Waals surface area contributed by atoms with Gasteiger partial charge in [-0.3, -0.25) is 0 Å². The molecule has 0 spiro atoms. The molecular formula is C23H22N2O. The van der Waals surface area contributed by atoms with Gasteiger partial charge in [0.2, 0.25) is 0 Å². The molecule has 1 atom stereocenters. The van der Waals surface area contributed by atoms with E-state index in [0.717, 1.165) is 23.4 Å². The molecular weight excluding hydrogens is 320 g/mol. The molecule has 3 heteroatoms. The Hall–Kier alpha value is -2.91. The molecule has 0 amide bonds. The Bertz CT molecular complexity index is 977. The molecule has 1 heterocycles. The van der Waals surface area contributed by atoms with Crippen molar-refractivity contribution in [1.29, 1.82) is 0 Å². The van der Waals surface area contributed by atoms with E-state index in [1.54, 1.807) is 0 Å². The van der Waals surface area contributed by atoms with Gasteiger partial charge in [0.15, 0.2) is 0 Å². The summed E-state index contributed by atoms with van der Waals surface area (Å²) >= 11 is 0. The minimum Gasteiger partial charge on any atom is -0.366 e. The molecule has 0 aliphatic heterocycles. The first kappa shape index (κ1) is 16.6. The molecule has 0 saturated carbocycles. The predicted molar refractivity (Wildman–Crippen MR) is 105 cm³/mol. The van der Waals surface area contributed by atoms with Crippen LogP contribution in [0.3, 0.4) is 0 Å². The molecule has 0 N–H and O–H groups in total. The summed E-state index contributed by atoms with van der Waals surface area (Å²) in [4.78, 5) is 4.86. The average Bonchev–Trinajstić information content (AvgIpc) is 3.06. The Morgan fingerprint density at radius 3 is 2.15 bits per heavy atom. The molecule has 0 aliphatic carbocycles. The molecule has 0 aliphatic rings. The quantitative estimate of drug-likeness (QED) is 0.471. The van der Waals surface area contributed by atoms with Gasteiger partial charge in [0.1, 0.15) is 11.9 Å². The highest BCUT2D eigenvalue weighted by molar-refractivity contribution is 5.76. The van der Waals surface area contributed by atoms with Crippen molar-refractivity contribution in [3.05, 3.63) is 102 Å². The van der Waals surface area contributed by atoms with E-state index in [4.69, 9.17) is 9.72 Å². The fourth-order valence-corrected chi connectivity index (χ4v) is 3.21. The molecule has 130 valence electrons. The Morgan fingerprint density at radius 2 is 1.42 bits per heavy atom. The van der Waals surface area contributed by atoms with Crippen molar-refractivity contribution in [2.75, 3.05) is 0 Å². The standard InChI is InChI=1S/C23H22N2O/c1-18(26-17-20-12-6-3-7-13-20)23-24-21-14-8-9-15-22(21)25(23)16-19-10-4-2-5-11-19/h2-15,18H,16-17H2,1H3. The van der Waals surface area contributed by atoms with Crippen molar-refractivity contribution in [3.63, 3.8) is 0 Å². The van der Waals surface area contributed by atoms with E-state index >= 15 is 0 Å². The maximum absolute atomic E-state index is 6.14. The Balaban J connectivity index is 1.64. The Kier molecular flexibility index (Phi) is 4.80. The molecule has 4 aromatic rings.